The fraction of sp³-hybridized carbons (Fsp3) is 0.400. The highest BCUT2D eigenvalue weighted by Gasteiger charge is 2.32. The van der Waals surface area contributed by atoms with Gasteiger partial charge in [0.1, 0.15) is 13.7 Å². The molecular formula is C15H18N2O4. The normalized spacial score (nSPS) is 16.6. The maximum atomic E-state index is 12.5. The second-order valence-electron chi connectivity index (χ2n) is 4.65. The average Bonchev–Trinajstić information content (AvgIpc) is 2.63. The number of oxime groups is 1. The Morgan fingerprint density at radius 1 is 1.43 bits per heavy atom. The molecule has 0 unspecified atom stereocenters. The van der Waals surface area contributed by atoms with Crippen LogP contribution in [0.1, 0.15) is 37.3 Å². The van der Waals surface area contributed by atoms with E-state index in [9.17, 15) is 9.59 Å². The third-order valence-electron chi connectivity index (χ3n) is 3.16. The van der Waals surface area contributed by atoms with E-state index in [4.69, 9.17) is 9.68 Å². The van der Waals surface area contributed by atoms with Crippen molar-refractivity contribution in [3.63, 3.8) is 0 Å². The lowest BCUT2D eigenvalue weighted by Crippen LogP contribution is -2.39. The molecule has 1 aromatic rings. The summed E-state index contributed by atoms with van der Waals surface area (Å²) < 4.78 is 0. The number of hydrogen-bond acceptors (Lipinski definition) is 5. The van der Waals surface area contributed by atoms with E-state index in [-0.39, 0.29) is 24.6 Å². The van der Waals surface area contributed by atoms with Gasteiger partial charge in [0.25, 0.3) is 5.91 Å². The molecule has 0 saturated heterocycles. The van der Waals surface area contributed by atoms with Crippen molar-refractivity contribution in [3.05, 3.63) is 35.4 Å². The molecule has 1 aliphatic heterocycles. The molecule has 21 heavy (non-hydrogen) atoms. The van der Waals surface area contributed by atoms with E-state index in [1.807, 2.05) is 19.1 Å². The minimum absolute atomic E-state index is 0.0791. The molecule has 0 radical (unpaired) electrons. The van der Waals surface area contributed by atoms with Crippen molar-refractivity contribution in [1.82, 2.24) is 5.06 Å². The number of carbonyl (C=O) groups excluding carboxylic acids is 2. The number of amides is 2. The molecule has 0 N–H and O–H groups in total. The van der Waals surface area contributed by atoms with Crippen molar-refractivity contribution >= 4 is 17.5 Å². The van der Waals surface area contributed by atoms with Crippen LogP contribution in [0.2, 0.25) is 0 Å². The second-order valence-corrected chi connectivity index (χ2v) is 4.65. The Balaban J connectivity index is 2.34. The highest BCUT2D eigenvalue weighted by atomic mass is 16.7. The molecule has 1 aromatic carbocycles. The number of hydroxylamine groups is 2. The number of nitrogens with zero attached hydrogens (tertiary/aromatic N) is 2. The smallest absolute Gasteiger partial charge is 0.307 e. The van der Waals surface area contributed by atoms with Crippen molar-refractivity contribution in [2.45, 2.75) is 32.8 Å². The highest BCUT2D eigenvalue weighted by molar-refractivity contribution is 6.47. The predicted octanol–water partition coefficient (Wildman–Crippen LogP) is 2.03. The first-order valence-corrected chi connectivity index (χ1v) is 6.88. The first-order valence-electron chi connectivity index (χ1n) is 6.88. The quantitative estimate of drug-likeness (QED) is 0.796. The minimum atomic E-state index is -0.595. The van der Waals surface area contributed by atoms with E-state index in [0.29, 0.717) is 12.0 Å². The molecule has 0 fully saturated rings. The van der Waals surface area contributed by atoms with Gasteiger partial charge in [0, 0.05) is 12.0 Å². The number of hydrogen-bond donors (Lipinski definition) is 0. The molecule has 1 heterocycles. The number of carbonyl (C=O) groups is 2. The summed E-state index contributed by atoms with van der Waals surface area (Å²) in [6.45, 7) is 2.12. The maximum Gasteiger partial charge on any atom is 0.307 e. The zero-order chi connectivity index (χ0) is 15.2. The first-order chi connectivity index (χ1) is 10.2. The van der Waals surface area contributed by atoms with Crippen LogP contribution < -0.4 is 0 Å². The standard InChI is InChI=1S/C15H18N2O4/c1-3-4-9-13(18)17-15(19)14(16-20-2)12-8-6-5-7-11(12)10-21-17/h5-8H,3-4,9-10H2,1-2H3/b16-14+. The molecule has 112 valence electrons. The van der Waals surface area contributed by atoms with Crippen LogP contribution in [0.4, 0.5) is 0 Å². The van der Waals surface area contributed by atoms with Crippen LogP contribution in [0, 0.1) is 0 Å². The van der Waals surface area contributed by atoms with Gasteiger partial charge in [-0.1, -0.05) is 42.8 Å². The Hall–Kier alpha value is -2.21. The maximum absolute atomic E-state index is 12.5. The van der Waals surface area contributed by atoms with Gasteiger partial charge in [-0.3, -0.25) is 14.4 Å². The van der Waals surface area contributed by atoms with Crippen LogP contribution in [-0.2, 0) is 25.9 Å². The number of fused-ring (bicyclic) bond motifs is 1. The molecule has 0 atom stereocenters. The molecule has 1 aliphatic rings. The summed E-state index contributed by atoms with van der Waals surface area (Å²) in [5.41, 5.74) is 1.48. The van der Waals surface area contributed by atoms with Gasteiger partial charge in [-0.2, -0.15) is 0 Å². The first kappa shape index (κ1) is 15.2. The van der Waals surface area contributed by atoms with Crippen LogP contribution in [0.15, 0.2) is 29.4 Å². The monoisotopic (exact) mass is 290 g/mol. The molecule has 6 nitrogen and oxygen atoms in total. The van der Waals surface area contributed by atoms with Crippen molar-refractivity contribution in [3.8, 4) is 0 Å². The topological polar surface area (TPSA) is 68.2 Å². The Bertz CT molecular complexity index is 569. The third kappa shape index (κ3) is 3.28. The lowest BCUT2D eigenvalue weighted by Gasteiger charge is -2.17. The molecule has 0 bridgehead atoms. The summed E-state index contributed by atoms with van der Waals surface area (Å²) in [7, 11) is 1.36. The summed E-state index contributed by atoms with van der Waals surface area (Å²) in [5.74, 6) is -0.957. The molecule has 0 aromatic heterocycles. The van der Waals surface area contributed by atoms with E-state index >= 15 is 0 Å². The van der Waals surface area contributed by atoms with Crippen molar-refractivity contribution in [2.24, 2.45) is 5.16 Å². The Morgan fingerprint density at radius 2 is 2.19 bits per heavy atom. The van der Waals surface area contributed by atoms with E-state index in [1.165, 1.54) is 7.11 Å². The van der Waals surface area contributed by atoms with E-state index in [1.54, 1.807) is 12.1 Å². The lowest BCUT2D eigenvalue weighted by molar-refractivity contribution is -0.193. The van der Waals surface area contributed by atoms with Crippen molar-refractivity contribution in [1.29, 1.82) is 0 Å². The molecule has 0 saturated carbocycles. The van der Waals surface area contributed by atoms with Gasteiger partial charge < -0.3 is 4.84 Å². The number of rotatable bonds is 4. The third-order valence-corrected chi connectivity index (χ3v) is 3.16. The Kier molecular flexibility index (Phi) is 5.05. The fourth-order valence-corrected chi connectivity index (χ4v) is 2.08. The van der Waals surface area contributed by atoms with Gasteiger partial charge in [-0.15, -0.1) is 5.06 Å². The Labute approximate surface area is 123 Å². The predicted molar refractivity (Wildman–Crippen MR) is 76.2 cm³/mol. The highest BCUT2D eigenvalue weighted by Crippen LogP contribution is 2.19. The van der Waals surface area contributed by atoms with Gasteiger partial charge in [0.05, 0.1) is 0 Å². The SMILES string of the molecule is CCCCC(=O)N1OCc2ccccc2/C(=N\OC)C1=O. The van der Waals surface area contributed by atoms with Crippen LogP contribution in [0.5, 0.6) is 0 Å². The summed E-state index contributed by atoms with van der Waals surface area (Å²) in [5, 5.41) is 4.57. The largest absolute Gasteiger partial charge is 0.398 e. The fourth-order valence-electron chi connectivity index (χ4n) is 2.08. The summed E-state index contributed by atoms with van der Waals surface area (Å²) in [4.78, 5) is 34.7. The summed E-state index contributed by atoms with van der Waals surface area (Å²) in [6, 6.07) is 7.22. The molecule has 2 rings (SSSR count). The van der Waals surface area contributed by atoms with Crippen molar-refractivity contribution < 1.29 is 19.3 Å². The molecular weight excluding hydrogens is 272 g/mol. The van der Waals surface area contributed by atoms with E-state index in [0.717, 1.165) is 17.0 Å². The van der Waals surface area contributed by atoms with Crippen LogP contribution in [0.3, 0.4) is 0 Å². The van der Waals surface area contributed by atoms with Crippen LogP contribution in [-0.4, -0.2) is 29.7 Å². The summed E-state index contributed by atoms with van der Waals surface area (Å²) >= 11 is 0. The zero-order valence-electron chi connectivity index (χ0n) is 12.2. The Morgan fingerprint density at radius 3 is 2.90 bits per heavy atom. The van der Waals surface area contributed by atoms with Gasteiger partial charge in [-0.05, 0) is 12.0 Å². The van der Waals surface area contributed by atoms with Crippen LogP contribution >= 0.6 is 0 Å². The van der Waals surface area contributed by atoms with E-state index < -0.39 is 5.91 Å². The van der Waals surface area contributed by atoms with E-state index in [2.05, 4.69) is 5.16 Å². The summed E-state index contributed by atoms with van der Waals surface area (Å²) in [6.07, 6.45) is 1.83. The van der Waals surface area contributed by atoms with Gasteiger partial charge in [0.15, 0.2) is 5.71 Å². The molecule has 6 heteroatoms. The number of unbranched alkanes of at least 4 members (excludes halogenated alkanes) is 1. The van der Waals surface area contributed by atoms with Gasteiger partial charge in [-0.25, -0.2) is 0 Å². The van der Waals surface area contributed by atoms with Gasteiger partial charge in [0.2, 0.25) is 0 Å². The second kappa shape index (κ2) is 6.99. The lowest BCUT2D eigenvalue weighted by atomic mass is 10.0. The average molecular weight is 290 g/mol. The number of imide groups is 1. The number of benzene rings is 1. The molecule has 2 amide bonds. The van der Waals surface area contributed by atoms with Crippen LogP contribution in [0.25, 0.3) is 0 Å². The minimum Gasteiger partial charge on any atom is -0.398 e. The zero-order valence-corrected chi connectivity index (χ0v) is 12.2. The molecule has 0 aliphatic carbocycles. The molecule has 0 spiro atoms. The van der Waals surface area contributed by atoms with Gasteiger partial charge >= 0.3 is 5.91 Å². The van der Waals surface area contributed by atoms with Crippen molar-refractivity contribution in [2.75, 3.05) is 7.11 Å².